The number of nitrogens with one attached hydrogen (secondary N) is 3. The maximum atomic E-state index is 12.6. The number of hydrogen-bond donors (Lipinski definition) is 3. The van der Waals surface area contributed by atoms with Crippen molar-refractivity contribution < 1.29 is 24.0 Å². The van der Waals surface area contributed by atoms with Crippen LogP contribution in [0.5, 0.6) is 5.75 Å². The standard InChI is InChI=1S/C23H28N4O4/c1-17-4-3-5-18(16-17)23(30)27-14-12-26(13-15-27)11-10-24-21(28)22(29)25-19-6-8-20(31-2)9-7-19/h3-9,16H,10-15H2,1-2H3,(H,24,28)(H,25,29)/p+1. The minimum Gasteiger partial charge on any atom is -0.497 e. The summed E-state index contributed by atoms with van der Waals surface area (Å²) >= 11 is 0. The predicted octanol–water partition coefficient (Wildman–Crippen LogP) is 0.0992. The lowest BCUT2D eigenvalue weighted by Gasteiger charge is -2.32. The second-order valence-corrected chi connectivity index (χ2v) is 7.60. The third-order valence-corrected chi connectivity index (χ3v) is 5.34. The van der Waals surface area contributed by atoms with E-state index in [1.807, 2.05) is 36.1 Å². The first-order valence-corrected chi connectivity index (χ1v) is 10.4. The number of ether oxygens (including phenoxy) is 1. The first-order chi connectivity index (χ1) is 15.0. The summed E-state index contributed by atoms with van der Waals surface area (Å²) in [5.74, 6) is -0.630. The maximum Gasteiger partial charge on any atom is 0.313 e. The Labute approximate surface area is 182 Å². The number of amides is 3. The molecule has 3 amide bonds. The van der Waals surface area contributed by atoms with Crippen LogP contribution in [0.15, 0.2) is 48.5 Å². The number of hydrogen-bond acceptors (Lipinski definition) is 4. The molecule has 3 rings (SSSR count). The molecule has 164 valence electrons. The number of anilines is 1. The van der Waals surface area contributed by atoms with Gasteiger partial charge in [0, 0.05) is 11.3 Å². The van der Waals surface area contributed by atoms with Gasteiger partial charge in [0.05, 0.1) is 46.4 Å². The van der Waals surface area contributed by atoms with E-state index in [-0.39, 0.29) is 5.91 Å². The van der Waals surface area contributed by atoms with Crippen LogP contribution >= 0.6 is 0 Å². The molecule has 1 fully saturated rings. The average molecular weight is 426 g/mol. The molecule has 1 saturated heterocycles. The summed E-state index contributed by atoms with van der Waals surface area (Å²) in [6.45, 7) is 6.05. The molecule has 0 spiro atoms. The van der Waals surface area contributed by atoms with Crippen molar-refractivity contribution >= 4 is 23.4 Å². The van der Waals surface area contributed by atoms with Gasteiger partial charge in [-0.05, 0) is 43.3 Å². The van der Waals surface area contributed by atoms with Crippen LogP contribution in [0.1, 0.15) is 15.9 Å². The summed E-state index contributed by atoms with van der Waals surface area (Å²) in [4.78, 5) is 39.8. The lowest BCUT2D eigenvalue weighted by Crippen LogP contribution is -3.15. The van der Waals surface area contributed by atoms with Crippen LogP contribution in [-0.2, 0) is 9.59 Å². The van der Waals surface area contributed by atoms with Crippen molar-refractivity contribution in [3.63, 3.8) is 0 Å². The van der Waals surface area contributed by atoms with Gasteiger partial charge in [-0.15, -0.1) is 0 Å². The monoisotopic (exact) mass is 425 g/mol. The van der Waals surface area contributed by atoms with Crippen molar-refractivity contribution in [1.82, 2.24) is 10.2 Å². The number of rotatable bonds is 6. The molecule has 0 atom stereocenters. The van der Waals surface area contributed by atoms with Crippen LogP contribution in [0.2, 0.25) is 0 Å². The van der Waals surface area contributed by atoms with Gasteiger partial charge in [0.2, 0.25) is 0 Å². The molecule has 1 heterocycles. The Morgan fingerprint density at radius 3 is 2.39 bits per heavy atom. The Kier molecular flexibility index (Phi) is 7.61. The van der Waals surface area contributed by atoms with Crippen LogP contribution in [0.25, 0.3) is 0 Å². The van der Waals surface area contributed by atoms with E-state index < -0.39 is 11.8 Å². The Balaban J connectivity index is 1.37. The van der Waals surface area contributed by atoms with E-state index in [9.17, 15) is 14.4 Å². The van der Waals surface area contributed by atoms with Gasteiger partial charge < -0.3 is 25.2 Å². The summed E-state index contributed by atoms with van der Waals surface area (Å²) in [6.07, 6.45) is 0. The van der Waals surface area contributed by atoms with Crippen LogP contribution in [0, 0.1) is 6.92 Å². The lowest BCUT2D eigenvalue weighted by molar-refractivity contribution is -0.902. The van der Waals surface area contributed by atoms with E-state index in [4.69, 9.17) is 4.74 Å². The van der Waals surface area contributed by atoms with Crippen molar-refractivity contribution in [2.24, 2.45) is 0 Å². The van der Waals surface area contributed by atoms with Crippen molar-refractivity contribution in [2.75, 3.05) is 51.7 Å². The fraction of sp³-hybridized carbons (Fsp3) is 0.348. The quantitative estimate of drug-likeness (QED) is 0.573. The first kappa shape index (κ1) is 22.3. The van der Waals surface area contributed by atoms with Crippen LogP contribution in [0.3, 0.4) is 0 Å². The highest BCUT2D eigenvalue weighted by atomic mass is 16.5. The van der Waals surface area contributed by atoms with E-state index in [1.165, 1.54) is 4.90 Å². The molecule has 1 aliphatic heterocycles. The van der Waals surface area contributed by atoms with Crippen molar-refractivity contribution in [3.05, 3.63) is 59.7 Å². The zero-order valence-corrected chi connectivity index (χ0v) is 17.9. The summed E-state index contributed by atoms with van der Waals surface area (Å²) in [5.41, 5.74) is 2.32. The number of methoxy groups -OCH3 is 1. The number of piperazine rings is 1. The fourth-order valence-corrected chi connectivity index (χ4v) is 3.53. The molecule has 0 radical (unpaired) electrons. The van der Waals surface area contributed by atoms with Gasteiger partial charge in [-0.3, -0.25) is 14.4 Å². The third-order valence-electron chi connectivity index (χ3n) is 5.34. The first-order valence-electron chi connectivity index (χ1n) is 10.4. The second-order valence-electron chi connectivity index (χ2n) is 7.60. The number of aryl methyl sites for hydroxylation is 1. The SMILES string of the molecule is COc1ccc(NC(=O)C(=O)NCC[NH+]2CCN(C(=O)c3cccc(C)c3)CC2)cc1. The molecule has 2 aromatic rings. The fourth-order valence-electron chi connectivity index (χ4n) is 3.53. The van der Waals surface area contributed by atoms with Crippen molar-refractivity contribution in [2.45, 2.75) is 6.92 Å². The number of benzene rings is 2. The molecule has 0 unspecified atom stereocenters. The molecule has 3 N–H and O–H groups in total. The molecular weight excluding hydrogens is 396 g/mol. The Hall–Kier alpha value is -3.39. The van der Waals surface area contributed by atoms with Gasteiger partial charge >= 0.3 is 11.8 Å². The second kappa shape index (κ2) is 10.6. The largest absolute Gasteiger partial charge is 0.497 e. The topological polar surface area (TPSA) is 92.2 Å². The van der Waals surface area contributed by atoms with E-state index in [1.54, 1.807) is 31.4 Å². The van der Waals surface area contributed by atoms with Gasteiger partial charge in [-0.1, -0.05) is 17.7 Å². The Morgan fingerprint density at radius 1 is 1.03 bits per heavy atom. The van der Waals surface area contributed by atoms with Crippen molar-refractivity contribution in [3.8, 4) is 5.75 Å². The molecule has 0 aliphatic carbocycles. The maximum absolute atomic E-state index is 12.6. The highest BCUT2D eigenvalue weighted by molar-refractivity contribution is 6.39. The zero-order chi connectivity index (χ0) is 22.2. The highest BCUT2D eigenvalue weighted by Gasteiger charge is 2.24. The lowest BCUT2D eigenvalue weighted by atomic mass is 10.1. The van der Waals surface area contributed by atoms with Crippen molar-refractivity contribution in [1.29, 1.82) is 0 Å². The highest BCUT2D eigenvalue weighted by Crippen LogP contribution is 2.14. The van der Waals surface area contributed by atoms with Crippen LogP contribution in [0.4, 0.5) is 5.69 Å². The summed E-state index contributed by atoms with van der Waals surface area (Å²) < 4.78 is 5.06. The molecule has 1 aliphatic rings. The number of quaternary nitrogens is 1. The number of nitrogens with zero attached hydrogens (tertiary/aromatic N) is 1. The van der Waals surface area contributed by atoms with Gasteiger partial charge in [-0.2, -0.15) is 0 Å². The summed E-state index contributed by atoms with van der Waals surface area (Å²) in [7, 11) is 1.56. The van der Waals surface area contributed by atoms with E-state index in [0.29, 0.717) is 37.6 Å². The van der Waals surface area contributed by atoms with E-state index >= 15 is 0 Å². The smallest absolute Gasteiger partial charge is 0.313 e. The third kappa shape index (κ3) is 6.29. The summed E-state index contributed by atoms with van der Waals surface area (Å²) in [5, 5.41) is 5.22. The molecule has 0 bridgehead atoms. The molecular formula is C23H29N4O4+. The van der Waals surface area contributed by atoms with Crippen LogP contribution < -0.4 is 20.3 Å². The van der Waals surface area contributed by atoms with Gasteiger partial charge in [0.15, 0.2) is 0 Å². The molecule has 8 nitrogen and oxygen atoms in total. The van der Waals surface area contributed by atoms with E-state index in [2.05, 4.69) is 10.6 Å². The van der Waals surface area contributed by atoms with Crippen LogP contribution in [-0.4, -0.2) is 69.0 Å². The minimum absolute atomic E-state index is 0.0613. The molecule has 8 heteroatoms. The normalized spacial score (nSPS) is 14.1. The number of carbonyl (C=O) groups excluding carboxylic acids is 3. The average Bonchev–Trinajstić information content (AvgIpc) is 2.79. The zero-order valence-electron chi connectivity index (χ0n) is 17.9. The van der Waals surface area contributed by atoms with E-state index in [0.717, 1.165) is 24.2 Å². The number of carbonyl (C=O) groups is 3. The Bertz CT molecular complexity index is 921. The van der Waals surface area contributed by atoms with Gasteiger partial charge in [0.1, 0.15) is 5.75 Å². The molecule has 0 aromatic heterocycles. The molecule has 31 heavy (non-hydrogen) atoms. The van der Waals surface area contributed by atoms with Gasteiger partial charge in [0.25, 0.3) is 5.91 Å². The molecule has 0 saturated carbocycles. The molecule has 2 aromatic carbocycles. The predicted molar refractivity (Wildman–Crippen MR) is 117 cm³/mol. The van der Waals surface area contributed by atoms with Gasteiger partial charge in [-0.25, -0.2) is 0 Å². The minimum atomic E-state index is -0.700. The summed E-state index contributed by atoms with van der Waals surface area (Å²) in [6, 6.07) is 14.4. The Morgan fingerprint density at radius 2 is 1.74 bits per heavy atom.